The number of carbonyl (C=O) groups excluding carboxylic acids is 1. The summed E-state index contributed by atoms with van der Waals surface area (Å²) in [6.45, 7) is 5.78. The topological polar surface area (TPSA) is 81.8 Å². The lowest BCUT2D eigenvalue weighted by Gasteiger charge is -2.27. The molecule has 2 aliphatic rings. The molecule has 0 radical (unpaired) electrons. The highest BCUT2D eigenvalue weighted by atomic mass is 16.5. The summed E-state index contributed by atoms with van der Waals surface area (Å²) in [6.07, 6.45) is 2.12. The van der Waals surface area contributed by atoms with Crippen LogP contribution in [0, 0.1) is 6.92 Å². The van der Waals surface area contributed by atoms with Crippen LogP contribution in [0.5, 0.6) is 5.75 Å². The number of rotatable bonds is 5. The number of phenolic OH excluding ortho intramolecular Hbond substituents is 1. The monoisotopic (exact) mass is 418 g/mol. The molecule has 1 aromatic heterocycles. The Hall–Kier alpha value is -3.32. The number of hydrogen-bond donors (Lipinski definition) is 2. The zero-order valence-electron chi connectivity index (χ0n) is 17.5. The fourth-order valence-corrected chi connectivity index (χ4v) is 4.62. The molecule has 1 amide bonds. The van der Waals surface area contributed by atoms with Crippen molar-refractivity contribution in [2.75, 3.05) is 29.9 Å². The van der Waals surface area contributed by atoms with E-state index in [0.717, 1.165) is 44.7 Å². The molecule has 5 rings (SSSR count). The van der Waals surface area contributed by atoms with Crippen LogP contribution in [0.2, 0.25) is 0 Å². The summed E-state index contributed by atoms with van der Waals surface area (Å²) in [5.74, 6) is 0.668. The molecule has 3 aromatic rings. The molecular formula is C24H26N4O3. The van der Waals surface area contributed by atoms with Gasteiger partial charge in [0.25, 0.3) is 5.91 Å². The van der Waals surface area contributed by atoms with Gasteiger partial charge in [0.15, 0.2) is 5.69 Å². The van der Waals surface area contributed by atoms with Gasteiger partial charge in [0.1, 0.15) is 11.5 Å². The Kier molecular flexibility index (Phi) is 5.11. The summed E-state index contributed by atoms with van der Waals surface area (Å²) in [6, 6.07) is 15.8. The van der Waals surface area contributed by atoms with Gasteiger partial charge in [0.05, 0.1) is 0 Å². The van der Waals surface area contributed by atoms with Crippen molar-refractivity contribution in [1.82, 2.24) is 10.1 Å². The van der Waals surface area contributed by atoms with Crippen LogP contribution in [-0.4, -0.2) is 46.7 Å². The molecule has 1 unspecified atom stereocenters. The maximum Gasteiger partial charge on any atom is 0.277 e. The zero-order chi connectivity index (χ0) is 21.4. The van der Waals surface area contributed by atoms with Gasteiger partial charge < -0.3 is 19.8 Å². The lowest BCUT2D eigenvalue weighted by atomic mass is 10.1. The van der Waals surface area contributed by atoms with Gasteiger partial charge in [0.2, 0.25) is 0 Å². The van der Waals surface area contributed by atoms with Gasteiger partial charge in [-0.2, -0.15) is 0 Å². The van der Waals surface area contributed by atoms with Crippen molar-refractivity contribution >= 4 is 17.3 Å². The molecule has 31 heavy (non-hydrogen) atoms. The molecule has 3 heterocycles. The van der Waals surface area contributed by atoms with E-state index in [1.54, 1.807) is 25.1 Å². The largest absolute Gasteiger partial charge is 0.508 e. The van der Waals surface area contributed by atoms with Crippen molar-refractivity contribution < 1.29 is 14.4 Å². The van der Waals surface area contributed by atoms with E-state index in [-0.39, 0.29) is 5.91 Å². The molecule has 1 atom stereocenters. The average molecular weight is 418 g/mol. The van der Waals surface area contributed by atoms with Crippen molar-refractivity contribution in [3.63, 3.8) is 0 Å². The molecule has 160 valence electrons. The summed E-state index contributed by atoms with van der Waals surface area (Å²) in [5.41, 5.74) is 4.84. The summed E-state index contributed by atoms with van der Waals surface area (Å²) in [5, 5.41) is 16.2. The summed E-state index contributed by atoms with van der Waals surface area (Å²) in [4.78, 5) is 17.3. The second-order valence-electron chi connectivity index (χ2n) is 8.41. The molecule has 7 heteroatoms. The molecule has 2 aliphatic heterocycles. The smallest absolute Gasteiger partial charge is 0.277 e. The number of anilines is 2. The second kappa shape index (κ2) is 8.07. The maximum absolute atomic E-state index is 12.3. The van der Waals surface area contributed by atoms with Gasteiger partial charge in [-0.25, -0.2) is 0 Å². The van der Waals surface area contributed by atoms with Crippen molar-refractivity contribution in [3.8, 4) is 5.75 Å². The Labute approximate surface area is 181 Å². The van der Waals surface area contributed by atoms with Crippen LogP contribution in [-0.2, 0) is 13.0 Å². The van der Waals surface area contributed by atoms with Crippen LogP contribution in [0.1, 0.15) is 33.8 Å². The third-order valence-electron chi connectivity index (χ3n) is 6.16. The number of phenols is 1. The van der Waals surface area contributed by atoms with E-state index >= 15 is 0 Å². The Bertz CT molecular complexity index is 1090. The van der Waals surface area contributed by atoms with Crippen LogP contribution in [0.3, 0.4) is 0 Å². The first kappa shape index (κ1) is 19.6. The molecule has 0 saturated carbocycles. The summed E-state index contributed by atoms with van der Waals surface area (Å²) < 4.78 is 4.99. The lowest BCUT2D eigenvalue weighted by molar-refractivity contribution is 0.101. The maximum atomic E-state index is 12.3. The number of likely N-dealkylation sites (tertiary alicyclic amines) is 1. The number of carbonyl (C=O) groups is 1. The lowest BCUT2D eigenvalue weighted by Crippen LogP contribution is -2.36. The average Bonchev–Trinajstić information content (AvgIpc) is 3.49. The van der Waals surface area contributed by atoms with Crippen LogP contribution in [0.25, 0.3) is 0 Å². The van der Waals surface area contributed by atoms with E-state index in [9.17, 15) is 9.90 Å². The Morgan fingerprint density at radius 1 is 1.19 bits per heavy atom. The predicted molar refractivity (Wildman–Crippen MR) is 118 cm³/mol. The Balaban J connectivity index is 1.22. The van der Waals surface area contributed by atoms with E-state index in [0.29, 0.717) is 23.2 Å². The SMILES string of the molecule is Cc1cc(C(=O)Nc2ccc3c(c2)CCN3C2CCN(Cc3ccc(O)cc3)C2)no1. The highest BCUT2D eigenvalue weighted by Gasteiger charge is 2.31. The van der Waals surface area contributed by atoms with Crippen molar-refractivity contribution in [1.29, 1.82) is 0 Å². The first-order valence-corrected chi connectivity index (χ1v) is 10.7. The highest BCUT2D eigenvalue weighted by molar-refractivity contribution is 6.03. The van der Waals surface area contributed by atoms with Gasteiger partial charge in [-0.05, 0) is 61.2 Å². The fraction of sp³-hybridized carbons (Fsp3) is 0.333. The molecule has 0 bridgehead atoms. The van der Waals surface area contributed by atoms with Crippen LogP contribution in [0.15, 0.2) is 53.1 Å². The normalized spacial score (nSPS) is 18.4. The quantitative estimate of drug-likeness (QED) is 0.659. The van der Waals surface area contributed by atoms with Gasteiger partial charge in [-0.1, -0.05) is 17.3 Å². The Morgan fingerprint density at radius 2 is 2.03 bits per heavy atom. The van der Waals surface area contributed by atoms with Crippen LogP contribution >= 0.6 is 0 Å². The third kappa shape index (κ3) is 4.14. The molecule has 7 nitrogen and oxygen atoms in total. The molecule has 0 spiro atoms. The minimum Gasteiger partial charge on any atom is -0.508 e. The summed E-state index contributed by atoms with van der Waals surface area (Å²) >= 11 is 0. The number of aromatic hydroxyl groups is 1. The highest BCUT2D eigenvalue weighted by Crippen LogP contribution is 2.34. The fourth-order valence-electron chi connectivity index (χ4n) is 4.62. The van der Waals surface area contributed by atoms with Crippen molar-refractivity contribution in [2.45, 2.75) is 32.4 Å². The van der Waals surface area contributed by atoms with E-state index in [4.69, 9.17) is 4.52 Å². The minimum atomic E-state index is -0.257. The number of nitrogens with zero attached hydrogens (tertiary/aromatic N) is 3. The number of hydrogen-bond acceptors (Lipinski definition) is 6. The number of fused-ring (bicyclic) bond motifs is 1. The molecule has 1 saturated heterocycles. The van der Waals surface area contributed by atoms with Gasteiger partial charge in [-0.15, -0.1) is 0 Å². The molecular weight excluding hydrogens is 392 g/mol. The number of amides is 1. The summed E-state index contributed by atoms with van der Waals surface area (Å²) in [7, 11) is 0. The molecule has 0 aliphatic carbocycles. The van der Waals surface area contributed by atoms with Crippen molar-refractivity contribution in [3.05, 3.63) is 71.1 Å². The number of aromatic nitrogens is 1. The van der Waals surface area contributed by atoms with Crippen LogP contribution < -0.4 is 10.2 Å². The van der Waals surface area contributed by atoms with E-state index in [1.165, 1.54) is 16.8 Å². The van der Waals surface area contributed by atoms with E-state index in [2.05, 4.69) is 32.4 Å². The standard InChI is InChI=1S/C24H26N4O3/c1-16-12-22(26-31-16)24(30)25-19-4-7-23-18(13-19)8-11-28(23)20-9-10-27(15-20)14-17-2-5-21(29)6-3-17/h2-7,12-13,20,29H,8-11,14-15H2,1H3,(H,25,30). The first-order valence-electron chi connectivity index (χ1n) is 10.7. The third-order valence-corrected chi connectivity index (χ3v) is 6.16. The predicted octanol–water partition coefficient (Wildman–Crippen LogP) is 3.58. The number of nitrogens with one attached hydrogen (secondary N) is 1. The molecule has 2 N–H and O–H groups in total. The van der Waals surface area contributed by atoms with E-state index in [1.807, 2.05) is 18.2 Å². The minimum absolute atomic E-state index is 0.257. The first-order chi connectivity index (χ1) is 15.0. The van der Waals surface area contributed by atoms with Gasteiger partial charge >= 0.3 is 0 Å². The van der Waals surface area contributed by atoms with Crippen LogP contribution in [0.4, 0.5) is 11.4 Å². The molecule has 2 aromatic carbocycles. The van der Waals surface area contributed by atoms with Gasteiger partial charge in [-0.3, -0.25) is 9.69 Å². The van der Waals surface area contributed by atoms with Gasteiger partial charge in [0, 0.05) is 49.7 Å². The number of aryl methyl sites for hydroxylation is 1. The Morgan fingerprint density at radius 3 is 2.81 bits per heavy atom. The zero-order valence-corrected chi connectivity index (χ0v) is 17.5. The number of benzene rings is 2. The van der Waals surface area contributed by atoms with E-state index < -0.39 is 0 Å². The van der Waals surface area contributed by atoms with Crippen molar-refractivity contribution in [2.24, 2.45) is 0 Å². The second-order valence-corrected chi connectivity index (χ2v) is 8.41. The molecule has 1 fully saturated rings.